The van der Waals surface area contributed by atoms with E-state index >= 15 is 0 Å². The highest BCUT2D eigenvalue weighted by Gasteiger charge is 2.38. The SMILES string of the molecule is CC(=O)N1c2ccc(N3CCCCC(C)C3)cc2[C@H](Nc2ccccc2)[C@@H](C)[C@@H]1C. The molecule has 0 spiro atoms. The number of nitrogens with one attached hydrogen (secondary N) is 1. The molecule has 1 saturated heterocycles. The van der Waals surface area contributed by atoms with Gasteiger partial charge in [0.25, 0.3) is 0 Å². The lowest BCUT2D eigenvalue weighted by atomic mass is 9.82. The van der Waals surface area contributed by atoms with Gasteiger partial charge in [-0.3, -0.25) is 4.79 Å². The van der Waals surface area contributed by atoms with E-state index in [1.54, 1.807) is 6.92 Å². The summed E-state index contributed by atoms with van der Waals surface area (Å²) >= 11 is 0. The van der Waals surface area contributed by atoms with Crippen molar-refractivity contribution >= 4 is 23.0 Å². The molecule has 4 atom stereocenters. The summed E-state index contributed by atoms with van der Waals surface area (Å²) < 4.78 is 0. The Balaban J connectivity index is 1.75. The lowest BCUT2D eigenvalue weighted by Crippen LogP contribution is -2.48. The maximum absolute atomic E-state index is 12.6. The van der Waals surface area contributed by atoms with Gasteiger partial charge in [-0.25, -0.2) is 0 Å². The number of anilines is 3. The van der Waals surface area contributed by atoms with Crippen LogP contribution in [0.15, 0.2) is 48.5 Å². The number of hydrogen-bond acceptors (Lipinski definition) is 3. The monoisotopic (exact) mass is 405 g/mol. The number of rotatable bonds is 3. The van der Waals surface area contributed by atoms with Gasteiger partial charge in [-0.15, -0.1) is 0 Å². The van der Waals surface area contributed by atoms with Crippen molar-refractivity contribution in [3.8, 4) is 0 Å². The molecule has 1 unspecified atom stereocenters. The molecule has 2 aromatic rings. The summed E-state index contributed by atoms with van der Waals surface area (Å²) in [6.45, 7) is 10.7. The van der Waals surface area contributed by atoms with Gasteiger partial charge < -0.3 is 15.1 Å². The fourth-order valence-corrected chi connectivity index (χ4v) is 5.19. The second-order valence-corrected chi connectivity index (χ2v) is 9.27. The number of fused-ring (bicyclic) bond motifs is 1. The maximum Gasteiger partial charge on any atom is 0.224 e. The molecule has 4 nitrogen and oxygen atoms in total. The lowest BCUT2D eigenvalue weighted by Gasteiger charge is -2.44. The molecule has 2 heterocycles. The highest BCUT2D eigenvalue weighted by atomic mass is 16.2. The first-order valence-electron chi connectivity index (χ1n) is 11.5. The fraction of sp³-hybridized carbons (Fsp3) is 0.500. The van der Waals surface area contributed by atoms with Crippen molar-refractivity contribution in [2.75, 3.05) is 28.2 Å². The summed E-state index contributed by atoms with van der Waals surface area (Å²) in [5, 5.41) is 3.77. The van der Waals surface area contributed by atoms with E-state index in [1.807, 2.05) is 11.0 Å². The van der Waals surface area contributed by atoms with Crippen LogP contribution in [0.3, 0.4) is 0 Å². The summed E-state index contributed by atoms with van der Waals surface area (Å²) in [5.41, 5.74) is 4.69. The van der Waals surface area contributed by atoms with Crippen LogP contribution in [-0.2, 0) is 4.79 Å². The van der Waals surface area contributed by atoms with Gasteiger partial charge in [-0.1, -0.05) is 38.5 Å². The molecular weight excluding hydrogens is 370 g/mol. The minimum Gasteiger partial charge on any atom is -0.378 e. The highest BCUT2D eigenvalue weighted by molar-refractivity contribution is 5.94. The minimum atomic E-state index is 0.116. The van der Waals surface area contributed by atoms with E-state index in [0.717, 1.165) is 30.4 Å². The summed E-state index contributed by atoms with van der Waals surface area (Å²) in [6, 6.07) is 17.4. The molecule has 2 aromatic carbocycles. The Kier molecular flexibility index (Phi) is 6.03. The van der Waals surface area contributed by atoms with Gasteiger partial charge in [0.05, 0.1) is 6.04 Å². The minimum absolute atomic E-state index is 0.116. The van der Waals surface area contributed by atoms with Crippen LogP contribution in [0, 0.1) is 11.8 Å². The second kappa shape index (κ2) is 8.71. The molecule has 0 aromatic heterocycles. The Bertz CT molecular complexity index is 881. The highest BCUT2D eigenvalue weighted by Crippen LogP contribution is 2.44. The molecule has 0 radical (unpaired) electrons. The fourth-order valence-electron chi connectivity index (χ4n) is 5.19. The average Bonchev–Trinajstić information content (AvgIpc) is 2.96. The van der Waals surface area contributed by atoms with E-state index in [9.17, 15) is 4.79 Å². The molecule has 30 heavy (non-hydrogen) atoms. The summed E-state index contributed by atoms with van der Waals surface area (Å²) in [4.78, 5) is 17.1. The zero-order valence-electron chi connectivity index (χ0n) is 18.8. The largest absolute Gasteiger partial charge is 0.378 e. The molecular formula is C26H35N3O. The van der Waals surface area contributed by atoms with Gasteiger partial charge in [0.15, 0.2) is 0 Å². The van der Waals surface area contributed by atoms with Crippen molar-refractivity contribution < 1.29 is 4.79 Å². The van der Waals surface area contributed by atoms with Crippen molar-refractivity contribution in [3.05, 3.63) is 54.1 Å². The van der Waals surface area contributed by atoms with Gasteiger partial charge in [0.1, 0.15) is 0 Å². The average molecular weight is 406 g/mol. The smallest absolute Gasteiger partial charge is 0.224 e. The first-order valence-corrected chi connectivity index (χ1v) is 11.5. The molecule has 0 aliphatic carbocycles. The van der Waals surface area contributed by atoms with E-state index in [1.165, 1.54) is 30.5 Å². The molecule has 2 aliphatic rings. The third-order valence-electron chi connectivity index (χ3n) is 7.01. The van der Waals surface area contributed by atoms with E-state index in [2.05, 4.69) is 73.5 Å². The third-order valence-corrected chi connectivity index (χ3v) is 7.01. The molecule has 0 saturated carbocycles. The number of carbonyl (C=O) groups excluding carboxylic acids is 1. The van der Waals surface area contributed by atoms with Gasteiger partial charge in [0.2, 0.25) is 5.91 Å². The number of para-hydroxylation sites is 1. The number of carbonyl (C=O) groups is 1. The number of nitrogens with zero attached hydrogens (tertiary/aromatic N) is 2. The van der Waals surface area contributed by atoms with Crippen molar-refractivity contribution in [2.45, 2.75) is 59.0 Å². The molecule has 1 amide bonds. The van der Waals surface area contributed by atoms with Gasteiger partial charge in [-0.05, 0) is 56.0 Å². The van der Waals surface area contributed by atoms with Crippen LogP contribution in [0.5, 0.6) is 0 Å². The maximum atomic E-state index is 12.6. The Morgan fingerprint density at radius 3 is 2.53 bits per heavy atom. The number of amides is 1. The summed E-state index contributed by atoms with van der Waals surface area (Å²) in [7, 11) is 0. The van der Waals surface area contributed by atoms with Crippen LogP contribution in [-0.4, -0.2) is 25.0 Å². The molecule has 1 fully saturated rings. The Morgan fingerprint density at radius 1 is 1.03 bits per heavy atom. The topological polar surface area (TPSA) is 35.6 Å². The van der Waals surface area contributed by atoms with Crippen LogP contribution in [0.4, 0.5) is 17.1 Å². The van der Waals surface area contributed by atoms with Crippen molar-refractivity contribution in [2.24, 2.45) is 11.8 Å². The van der Waals surface area contributed by atoms with Crippen LogP contribution in [0.1, 0.15) is 58.6 Å². The van der Waals surface area contributed by atoms with Gasteiger partial charge in [-0.2, -0.15) is 0 Å². The van der Waals surface area contributed by atoms with E-state index in [0.29, 0.717) is 5.92 Å². The normalized spacial score (nSPS) is 26.7. The van der Waals surface area contributed by atoms with Crippen molar-refractivity contribution in [1.29, 1.82) is 0 Å². The lowest BCUT2D eigenvalue weighted by molar-refractivity contribution is -0.117. The molecule has 2 aliphatic heterocycles. The van der Waals surface area contributed by atoms with Gasteiger partial charge >= 0.3 is 0 Å². The molecule has 0 bridgehead atoms. The van der Waals surface area contributed by atoms with E-state index in [-0.39, 0.29) is 18.0 Å². The van der Waals surface area contributed by atoms with Crippen LogP contribution in [0.25, 0.3) is 0 Å². The predicted octanol–water partition coefficient (Wildman–Crippen LogP) is 5.86. The Morgan fingerprint density at radius 2 is 1.80 bits per heavy atom. The first-order chi connectivity index (χ1) is 14.5. The molecule has 4 heteroatoms. The second-order valence-electron chi connectivity index (χ2n) is 9.27. The zero-order valence-corrected chi connectivity index (χ0v) is 18.8. The summed E-state index contributed by atoms with van der Waals surface area (Å²) in [5.74, 6) is 1.12. The standard InChI is InChI=1S/C26H35N3O/c1-18-10-8-9-15-28(17-18)23-13-14-25-24(16-23)26(27-22-11-6-5-7-12-22)19(2)20(3)29(25)21(4)30/h5-7,11-14,16,18-20,26-27H,8-10,15,17H2,1-4H3/t18?,19-,20-,26+/m0/s1. The molecule has 4 rings (SSSR count). The van der Waals surface area contributed by atoms with Crippen molar-refractivity contribution in [3.63, 3.8) is 0 Å². The number of hydrogen-bond donors (Lipinski definition) is 1. The zero-order chi connectivity index (χ0) is 21.3. The first kappa shape index (κ1) is 20.8. The third kappa shape index (κ3) is 4.05. The Labute approximate surface area is 181 Å². The van der Waals surface area contributed by atoms with E-state index in [4.69, 9.17) is 0 Å². The molecule has 160 valence electrons. The van der Waals surface area contributed by atoms with Crippen molar-refractivity contribution in [1.82, 2.24) is 0 Å². The number of benzene rings is 2. The molecule has 1 N–H and O–H groups in total. The predicted molar refractivity (Wildman–Crippen MR) is 126 cm³/mol. The quantitative estimate of drug-likeness (QED) is 0.695. The van der Waals surface area contributed by atoms with Gasteiger partial charge in [0, 0.05) is 54.6 Å². The Hall–Kier alpha value is -2.49. The van der Waals surface area contributed by atoms with Crippen LogP contribution in [0.2, 0.25) is 0 Å². The van der Waals surface area contributed by atoms with Crippen LogP contribution < -0.4 is 15.1 Å². The van der Waals surface area contributed by atoms with Crippen LogP contribution >= 0.6 is 0 Å². The summed E-state index contributed by atoms with van der Waals surface area (Å²) in [6.07, 6.45) is 3.87. The van der Waals surface area contributed by atoms with E-state index < -0.39 is 0 Å².